The third kappa shape index (κ3) is 7.51. The Bertz CT molecular complexity index is 1400. The van der Waals surface area contributed by atoms with Crippen LogP contribution in [0.1, 0.15) is 68.7 Å². The largest absolute Gasteiger partial charge is 0.493 e. The van der Waals surface area contributed by atoms with Gasteiger partial charge in [-0.2, -0.15) is 0 Å². The van der Waals surface area contributed by atoms with Crippen LogP contribution in [0.25, 0.3) is 5.69 Å². The van der Waals surface area contributed by atoms with Gasteiger partial charge in [0.1, 0.15) is 11.9 Å². The quantitative estimate of drug-likeness (QED) is 0.273. The van der Waals surface area contributed by atoms with Crippen molar-refractivity contribution in [1.29, 1.82) is 0 Å². The zero-order valence-corrected chi connectivity index (χ0v) is 23.8. The van der Waals surface area contributed by atoms with E-state index in [1.807, 2.05) is 56.3 Å². The number of H-pyrrole nitrogens is 1. The van der Waals surface area contributed by atoms with Crippen molar-refractivity contribution in [2.24, 2.45) is 0 Å². The fourth-order valence-electron chi connectivity index (χ4n) is 5.20. The Morgan fingerprint density at radius 2 is 1.88 bits per heavy atom. The van der Waals surface area contributed by atoms with Crippen LogP contribution < -0.4 is 10.4 Å². The number of amides is 1. The Hall–Kier alpha value is -3.76. The third-order valence-corrected chi connectivity index (χ3v) is 7.39. The second-order valence-electron chi connectivity index (χ2n) is 11.1. The molecule has 3 aromatic rings. The minimum absolute atomic E-state index is 0.154. The van der Waals surface area contributed by atoms with E-state index >= 15 is 0 Å². The van der Waals surface area contributed by atoms with E-state index in [2.05, 4.69) is 4.98 Å². The molecule has 0 spiro atoms. The number of unbranched alkanes of at least 4 members (excludes halogenated alkanes) is 3. The number of rotatable bonds is 13. The summed E-state index contributed by atoms with van der Waals surface area (Å²) in [6.07, 6.45) is 6.57. The molecule has 2 aromatic carbocycles. The van der Waals surface area contributed by atoms with Crippen LogP contribution in [0.4, 0.5) is 4.79 Å². The Kier molecular flexibility index (Phi) is 8.99. The van der Waals surface area contributed by atoms with Gasteiger partial charge in [-0.1, -0.05) is 31.0 Å². The summed E-state index contributed by atoms with van der Waals surface area (Å²) < 4.78 is 24.5. The van der Waals surface area contributed by atoms with Gasteiger partial charge >= 0.3 is 11.8 Å². The van der Waals surface area contributed by atoms with Crippen LogP contribution in [0.2, 0.25) is 0 Å². The SMILES string of the molecule is CC1(C)OCc2cc(C3CN(CCCCCCOCCCc4cccc(-n5cc(O)[nH]c5=O)c4)C(=O)O3)ccc2O1. The number of hydrogen-bond donors (Lipinski definition) is 2. The van der Waals surface area contributed by atoms with Crippen LogP contribution in [-0.4, -0.2) is 57.7 Å². The van der Waals surface area contributed by atoms with Crippen LogP contribution in [0, 0.1) is 0 Å². The summed E-state index contributed by atoms with van der Waals surface area (Å²) in [7, 11) is 0. The third-order valence-electron chi connectivity index (χ3n) is 7.39. The first-order valence-electron chi connectivity index (χ1n) is 14.4. The monoisotopic (exact) mass is 565 g/mol. The van der Waals surface area contributed by atoms with Crippen molar-refractivity contribution in [2.75, 3.05) is 26.3 Å². The minimum atomic E-state index is -0.633. The molecule has 10 nitrogen and oxygen atoms in total. The molecule has 1 unspecified atom stereocenters. The lowest BCUT2D eigenvalue weighted by atomic mass is 10.0. The lowest BCUT2D eigenvalue weighted by Crippen LogP contribution is -2.35. The van der Waals surface area contributed by atoms with E-state index < -0.39 is 5.79 Å². The Labute approximate surface area is 239 Å². The minimum Gasteiger partial charge on any atom is -0.493 e. The second-order valence-corrected chi connectivity index (χ2v) is 11.1. The number of carbonyl (C=O) groups excluding carboxylic acids is 1. The van der Waals surface area contributed by atoms with Gasteiger partial charge in [0.15, 0.2) is 0 Å². The Balaban J connectivity index is 0.934. The molecule has 0 aliphatic carbocycles. The number of aromatic nitrogens is 2. The Morgan fingerprint density at radius 3 is 2.71 bits per heavy atom. The second kappa shape index (κ2) is 12.8. The predicted octanol–water partition coefficient (Wildman–Crippen LogP) is 5.22. The van der Waals surface area contributed by atoms with E-state index in [0.717, 1.165) is 73.3 Å². The van der Waals surface area contributed by atoms with Crippen LogP contribution in [-0.2, 0) is 27.2 Å². The molecule has 0 saturated carbocycles. The summed E-state index contributed by atoms with van der Waals surface area (Å²) in [4.78, 5) is 28.4. The summed E-state index contributed by atoms with van der Waals surface area (Å²) in [6, 6.07) is 13.6. The summed E-state index contributed by atoms with van der Waals surface area (Å²) in [5, 5.41) is 9.49. The number of nitrogens with one attached hydrogen (secondary N) is 1. The average Bonchev–Trinajstić information content (AvgIpc) is 3.49. The van der Waals surface area contributed by atoms with Crippen LogP contribution in [0.5, 0.6) is 11.6 Å². The van der Waals surface area contributed by atoms with Gasteiger partial charge in [-0.3, -0.25) is 9.55 Å². The molecule has 2 aliphatic rings. The lowest BCUT2D eigenvalue weighted by Gasteiger charge is -2.32. The average molecular weight is 566 g/mol. The number of fused-ring (bicyclic) bond motifs is 1. The molecule has 2 aliphatic heterocycles. The van der Waals surface area contributed by atoms with E-state index in [-0.39, 0.29) is 23.8 Å². The van der Waals surface area contributed by atoms with Gasteiger partial charge in [0.05, 0.1) is 25.0 Å². The van der Waals surface area contributed by atoms with E-state index in [1.165, 1.54) is 10.8 Å². The molecule has 1 aromatic heterocycles. The van der Waals surface area contributed by atoms with E-state index in [1.54, 1.807) is 4.90 Å². The molecule has 1 atom stereocenters. The zero-order chi connectivity index (χ0) is 28.8. The van der Waals surface area contributed by atoms with Crippen molar-refractivity contribution in [3.8, 4) is 17.3 Å². The number of aromatic hydroxyl groups is 1. The molecule has 10 heteroatoms. The number of imidazole rings is 1. The molecule has 0 radical (unpaired) electrons. The van der Waals surface area contributed by atoms with Gasteiger partial charge in [0, 0.05) is 39.2 Å². The highest BCUT2D eigenvalue weighted by atomic mass is 16.7. The molecule has 1 saturated heterocycles. The first kappa shape index (κ1) is 28.8. The smallest absolute Gasteiger partial charge is 0.410 e. The van der Waals surface area contributed by atoms with Gasteiger partial charge in [-0.15, -0.1) is 0 Å². The number of nitrogens with zero attached hydrogens (tertiary/aromatic N) is 2. The number of hydrogen-bond acceptors (Lipinski definition) is 7. The highest BCUT2D eigenvalue weighted by Gasteiger charge is 2.33. The van der Waals surface area contributed by atoms with Crippen LogP contribution in [0.3, 0.4) is 0 Å². The highest BCUT2D eigenvalue weighted by molar-refractivity contribution is 5.70. The molecular formula is C31H39N3O7. The van der Waals surface area contributed by atoms with Gasteiger partial charge in [0.2, 0.25) is 11.7 Å². The molecule has 1 fully saturated rings. The molecule has 3 heterocycles. The first-order valence-corrected chi connectivity index (χ1v) is 14.4. The molecule has 0 bridgehead atoms. The number of carbonyl (C=O) groups is 1. The van der Waals surface area contributed by atoms with Crippen molar-refractivity contribution >= 4 is 6.09 Å². The molecule has 41 heavy (non-hydrogen) atoms. The van der Waals surface area contributed by atoms with E-state index in [9.17, 15) is 14.7 Å². The van der Waals surface area contributed by atoms with Gasteiger partial charge in [0.25, 0.3) is 0 Å². The van der Waals surface area contributed by atoms with Crippen LogP contribution >= 0.6 is 0 Å². The van der Waals surface area contributed by atoms with Crippen molar-refractivity contribution in [3.05, 3.63) is 75.8 Å². The standard InChI is InChI=1S/C31H39N3O7/c1-31(2)39-21-24-18-23(12-13-26(24)41-31)27-19-33(30(37)40-27)14-5-3-4-6-15-38-16-8-10-22-9-7-11-25(17-22)34-20-28(35)32-29(34)36/h7,9,11-13,17-18,20,27,35H,3-6,8,10,14-16,19,21H2,1-2H3,(H,32,36). The van der Waals surface area contributed by atoms with Crippen LogP contribution in [0.15, 0.2) is 53.5 Å². The molecule has 5 rings (SSSR count). The van der Waals surface area contributed by atoms with E-state index in [0.29, 0.717) is 26.3 Å². The fraction of sp³-hybridized carbons (Fsp3) is 0.484. The molecular weight excluding hydrogens is 526 g/mol. The number of aromatic amines is 1. The predicted molar refractivity (Wildman–Crippen MR) is 152 cm³/mol. The maximum Gasteiger partial charge on any atom is 0.410 e. The van der Waals surface area contributed by atoms with Crippen molar-refractivity contribution in [1.82, 2.24) is 14.5 Å². The van der Waals surface area contributed by atoms with Crippen molar-refractivity contribution in [3.63, 3.8) is 0 Å². The van der Waals surface area contributed by atoms with Crippen molar-refractivity contribution < 1.29 is 28.8 Å². The van der Waals surface area contributed by atoms with Gasteiger partial charge in [-0.05, 0) is 61.1 Å². The molecule has 1 amide bonds. The number of aryl methyl sites for hydroxylation is 1. The Morgan fingerprint density at radius 1 is 1.05 bits per heavy atom. The highest BCUT2D eigenvalue weighted by Crippen LogP contribution is 2.35. The summed E-state index contributed by atoms with van der Waals surface area (Å²) in [5.74, 6) is 0.0276. The number of benzene rings is 2. The normalized spacial score (nSPS) is 17.8. The molecule has 2 N–H and O–H groups in total. The number of ether oxygens (including phenoxy) is 4. The fourth-order valence-corrected chi connectivity index (χ4v) is 5.20. The van der Waals surface area contributed by atoms with Gasteiger partial charge in [-0.25, -0.2) is 9.59 Å². The maximum atomic E-state index is 12.4. The summed E-state index contributed by atoms with van der Waals surface area (Å²) in [6.45, 7) is 6.90. The first-order chi connectivity index (χ1) is 19.8. The number of cyclic esters (lactones) is 1. The maximum absolute atomic E-state index is 12.4. The lowest BCUT2D eigenvalue weighted by molar-refractivity contribution is -0.180. The summed E-state index contributed by atoms with van der Waals surface area (Å²) in [5.41, 5.74) is 3.40. The topological polar surface area (TPSA) is 115 Å². The van der Waals surface area contributed by atoms with Gasteiger partial charge < -0.3 is 29.0 Å². The van der Waals surface area contributed by atoms with E-state index in [4.69, 9.17) is 18.9 Å². The van der Waals surface area contributed by atoms with Crippen molar-refractivity contribution in [2.45, 2.75) is 70.9 Å². The molecule has 220 valence electrons. The summed E-state index contributed by atoms with van der Waals surface area (Å²) >= 11 is 0. The zero-order valence-electron chi connectivity index (χ0n) is 23.8.